The first-order valence-corrected chi connectivity index (χ1v) is 11.6. The summed E-state index contributed by atoms with van der Waals surface area (Å²) in [6.45, 7) is 5.40. The minimum absolute atomic E-state index is 0.00895. The summed E-state index contributed by atoms with van der Waals surface area (Å²) in [6.07, 6.45) is 0.967. The average molecular weight is 450 g/mol. The summed E-state index contributed by atoms with van der Waals surface area (Å²) >= 11 is 12.0. The maximum Gasteiger partial charge on any atom is 0.244 e. The van der Waals surface area contributed by atoms with Gasteiger partial charge in [0, 0.05) is 36.6 Å². The number of likely N-dealkylation sites (N-methyl/N-ethyl adjacent to an activating group) is 1. The molecule has 1 aliphatic heterocycles. The Morgan fingerprint density at radius 2 is 1.86 bits per heavy atom. The quantitative estimate of drug-likeness (QED) is 0.693. The number of nitrogens with one attached hydrogen (secondary N) is 1. The van der Waals surface area contributed by atoms with Crippen LogP contribution in [0.1, 0.15) is 26.7 Å². The van der Waals surface area contributed by atoms with Crippen LogP contribution in [0, 0.1) is 11.8 Å². The van der Waals surface area contributed by atoms with E-state index in [0.29, 0.717) is 30.3 Å². The first-order chi connectivity index (χ1) is 13.0. The van der Waals surface area contributed by atoms with Gasteiger partial charge in [0.1, 0.15) is 4.90 Å². The van der Waals surface area contributed by atoms with E-state index in [1.54, 1.807) is 6.07 Å². The molecule has 1 amide bonds. The van der Waals surface area contributed by atoms with Crippen molar-refractivity contribution in [1.29, 1.82) is 0 Å². The van der Waals surface area contributed by atoms with Gasteiger partial charge in [-0.1, -0.05) is 37.0 Å². The van der Waals surface area contributed by atoms with Crippen LogP contribution in [0.25, 0.3) is 0 Å². The summed E-state index contributed by atoms with van der Waals surface area (Å²) in [7, 11) is 0.268. The lowest BCUT2D eigenvalue weighted by molar-refractivity contribution is -0.126. The second-order valence-corrected chi connectivity index (χ2v) is 10.5. The number of carbonyl (C=O) groups excluding carboxylic acids is 1. The molecule has 2 rings (SSSR count). The molecule has 0 bridgehead atoms. The predicted octanol–water partition coefficient (Wildman–Crippen LogP) is 3.10. The number of hydrogen-bond donors (Lipinski definition) is 1. The molecular weight excluding hydrogens is 421 g/mol. The van der Waals surface area contributed by atoms with Crippen molar-refractivity contribution in [2.75, 3.05) is 33.7 Å². The van der Waals surface area contributed by atoms with Crippen LogP contribution >= 0.6 is 23.2 Å². The molecule has 1 atom stereocenters. The topological polar surface area (TPSA) is 69.7 Å². The first kappa shape index (κ1) is 23.4. The number of rotatable bonds is 7. The first-order valence-electron chi connectivity index (χ1n) is 9.43. The Morgan fingerprint density at radius 1 is 1.25 bits per heavy atom. The molecule has 0 aliphatic carbocycles. The number of carbonyl (C=O) groups is 1. The third-order valence-electron chi connectivity index (χ3n) is 5.25. The Labute approximate surface area is 178 Å². The molecule has 0 radical (unpaired) electrons. The molecule has 158 valence electrons. The smallest absolute Gasteiger partial charge is 0.244 e. The van der Waals surface area contributed by atoms with Gasteiger partial charge in [0.2, 0.25) is 15.9 Å². The van der Waals surface area contributed by atoms with Gasteiger partial charge in [-0.05, 0) is 51.1 Å². The SMILES string of the molecule is CC(C)C(CNC(=O)C1CCN(S(=O)(=O)c2cc(Cl)ccc2Cl)CC1)N(C)C. The average Bonchev–Trinajstić information content (AvgIpc) is 2.63. The Bertz CT molecular complexity index is 784. The van der Waals surface area contributed by atoms with Gasteiger partial charge in [-0.15, -0.1) is 0 Å². The summed E-state index contributed by atoms with van der Waals surface area (Å²) in [6, 6.07) is 4.66. The Kier molecular flexibility index (Phi) is 8.16. The molecule has 1 aromatic rings. The zero-order chi connectivity index (χ0) is 21.1. The normalized spacial score (nSPS) is 17.9. The van der Waals surface area contributed by atoms with Crippen molar-refractivity contribution in [3.63, 3.8) is 0 Å². The molecule has 1 heterocycles. The lowest BCUT2D eigenvalue weighted by Gasteiger charge is -2.32. The fraction of sp³-hybridized carbons (Fsp3) is 0.632. The number of nitrogens with zero attached hydrogens (tertiary/aromatic N) is 2. The van der Waals surface area contributed by atoms with E-state index in [1.165, 1.54) is 16.4 Å². The Balaban J connectivity index is 1.96. The molecule has 0 spiro atoms. The number of piperidine rings is 1. The second kappa shape index (κ2) is 9.76. The van der Waals surface area contributed by atoms with Crippen LogP contribution < -0.4 is 5.32 Å². The van der Waals surface area contributed by atoms with E-state index in [4.69, 9.17) is 23.2 Å². The lowest BCUT2D eigenvalue weighted by Crippen LogP contribution is -2.47. The summed E-state index contributed by atoms with van der Waals surface area (Å²) in [5.74, 6) is 0.228. The van der Waals surface area contributed by atoms with Crippen molar-refractivity contribution >= 4 is 39.1 Å². The maximum atomic E-state index is 12.9. The highest BCUT2D eigenvalue weighted by molar-refractivity contribution is 7.89. The summed E-state index contributed by atoms with van der Waals surface area (Å²) < 4.78 is 27.1. The van der Waals surface area contributed by atoms with E-state index < -0.39 is 10.0 Å². The Morgan fingerprint density at radius 3 is 2.39 bits per heavy atom. The van der Waals surface area contributed by atoms with Gasteiger partial charge >= 0.3 is 0 Å². The summed E-state index contributed by atoms with van der Waals surface area (Å²) in [5, 5.41) is 3.49. The van der Waals surface area contributed by atoms with Gasteiger partial charge in [-0.25, -0.2) is 8.42 Å². The van der Waals surface area contributed by atoms with Gasteiger partial charge in [0.15, 0.2) is 0 Å². The molecule has 9 heteroatoms. The highest BCUT2D eigenvalue weighted by Gasteiger charge is 2.33. The molecule has 0 saturated carbocycles. The van der Waals surface area contributed by atoms with Crippen LogP contribution in [-0.2, 0) is 14.8 Å². The van der Waals surface area contributed by atoms with Crippen LogP contribution in [0.3, 0.4) is 0 Å². The largest absolute Gasteiger partial charge is 0.354 e. The molecule has 28 heavy (non-hydrogen) atoms. The van der Waals surface area contributed by atoms with Crippen molar-refractivity contribution in [3.8, 4) is 0 Å². The van der Waals surface area contributed by atoms with Gasteiger partial charge in [0.05, 0.1) is 5.02 Å². The lowest BCUT2D eigenvalue weighted by atomic mass is 9.96. The zero-order valence-corrected chi connectivity index (χ0v) is 19.1. The van der Waals surface area contributed by atoms with Crippen molar-refractivity contribution < 1.29 is 13.2 Å². The number of hydrogen-bond acceptors (Lipinski definition) is 4. The standard InChI is InChI=1S/C19H29Cl2N3O3S/c1-13(2)17(23(3)4)12-22-19(25)14-7-9-24(10-8-14)28(26,27)18-11-15(20)5-6-16(18)21/h5-6,11,13-14,17H,7-10,12H2,1-4H3,(H,22,25). The van der Waals surface area contributed by atoms with Crippen molar-refractivity contribution in [1.82, 2.24) is 14.5 Å². The third kappa shape index (κ3) is 5.60. The van der Waals surface area contributed by atoms with Crippen molar-refractivity contribution in [2.24, 2.45) is 11.8 Å². The van der Waals surface area contributed by atoms with Crippen molar-refractivity contribution in [2.45, 2.75) is 37.6 Å². The number of amides is 1. The van der Waals surface area contributed by atoms with Crippen LogP contribution in [0.2, 0.25) is 10.0 Å². The van der Waals surface area contributed by atoms with Crippen molar-refractivity contribution in [3.05, 3.63) is 28.2 Å². The monoisotopic (exact) mass is 449 g/mol. The number of halogens is 2. The van der Waals surface area contributed by atoms with E-state index in [0.717, 1.165) is 0 Å². The molecule has 1 unspecified atom stereocenters. The van der Waals surface area contributed by atoms with Crippen LogP contribution in [-0.4, -0.2) is 63.3 Å². The molecule has 1 aliphatic rings. The highest BCUT2D eigenvalue weighted by atomic mass is 35.5. The maximum absolute atomic E-state index is 12.9. The van der Waals surface area contributed by atoms with Gasteiger partial charge in [-0.3, -0.25) is 4.79 Å². The molecular formula is C19H29Cl2N3O3S. The van der Waals surface area contributed by atoms with Crippen LogP contribution in [0.4, 0.5) is 0 Å². The fourth-order valence-electron chi connectivity index (χ4n) is 3.54. The minimum atomic E-state index is -3.73. The highest BCUT2D eigenvalue weighted by Crippen LogP contribution is 2.30. The molecule has 1 saturated heterocycles. The summed E-state index contributed by atoms with van der Waals surface area (Å²) in [5.41, 5.74) is 0. The number of sulfonamides is 1. The van der Waals surface area contributed by atoms with E-state index >= 15 is 0 Å². The van der Waals surface area contributed by atoms with E-state index in [9.17, 15) is 13.2 Å². The Hall–Kier alpha value is -0.860. The molecule has 1 N–H and O–H groups in total. The zero-order valence-electron chi connectivity index (χ0n) is 16.8. The molecule has 6 nitrogen and oxygen atoms in total. The van der Waals surface area contributed by atoms with Crippen LogP contribution in [0.15, 0.2) is 23.1 Å². The molecule has 1 fully saturated rings. The van der Waals surface area contributed by atoms with Gasteiger partial charge in [-0.2, -0.15) is 4.31 Å². The molecule has 1 aromatic carbocycles. The van der Waals surface area contributed by atoms with Crippen LogP contribution in [0.5, 0.6) is 0 Å². The van der Waals surface area contributed by atoms with Gasteiger partial charge < -0.3 is 10.2 Å². The second-order valence-electron chi connectivity index (χ2n) is 7.77. The predicted molar refractivity (Wildman–Crippen MR) is 113 cm³/mol. The van der Waals surface area contributed by atoms with E-state index in [1.807, 2.05) is 14.1 Å². The fourth-order valence-corrected chi connectivity index (χ4v) is 5.74. The third-order valence-corrected chi connectivity index (χ3v) is 7.87. The van der Waals surface area contributed by atoms with E-state index in [-0.39, 0.29) is 40.9 Å². The van der Waals surface area contributed by atoms with E-state index in [2.05, 4.69) is 24.1 Å². The number of benzene rings is 1. The van der Waals surface area contributed by atoms with Gasteiger partial charge in [0.25, 0.3) is 0 Å². The molecule has 0 aromatic heterocycles. The summed E-state index contributed by atoms with van der Waals surface area (Å²) in [4.78, 5) is 14.7. The minimum Gasteiger partial charge on any atom is -0.354 e.